The number of esters is 1. The van der Waals surface area contributed by atoms with Crippen molar-refractivity contribution in [2.75, 3.05) is 7.11 Å². The summed E-state index contributed by atoms with van der Waals surface area (Å²) in [6, 6.07) is 14.8. The van der Waals surface area contributed by atoms with Gasteiger partial charge in [-0.05, 0) is 54.1 Å². The van der Waals surface area contributed by atoms with Gasteiger partial charge in [0.25, 0.3) is 5.91 Å². The van der Waals surface area contributed by atoms with E-state index in [9.17, 15) is 14.0 Å². The van der Waals surface area contributed by atoms with Crippen LogP contribution in [-0.2, 0) is 9.53 Å². The first kappa shape index (κ1) is 18.8. The average molecular weight is 432 g/mol. The van der Waals surface area contributed by atoms with Gasteiger partial charge in [0, 0.05) is 10.0 Å². The van der Waals surface area contributed by atoms with Crippen LogP contribution < -0.4 is 5.32 Å². The fourth-order valence-electron chi connectivity index (χ4n) is 2.48. The van der Waals surface area contributed by atoms with Crippen molar-refractivity contribution < 1.29 is 23.1 Å². The van der Waals surface area contributed by atoms with Crippen molar-refractivity contribution >= 4 is 27.8 Å². The minimum atomic E-state index is -0.977. The lowest BCUT2D eigenvalue weighted by molar-refractivity contribution is -0.143. The van der Waals surface area contributed by atoms with Gasteiger partial charge < -0.3 is 14.5 Å². The molecular formula is C20H15BrFNO4. The van der Waals surface area contributed by atoms with E-state index in [-0.39, 0.29) is 11.6 Å². The number of benzene rings is 2. The second-order valence-corrected chi connectivity index (χ2v) is 6.57. The quantitative estimate of drug-likeness (QED) is 0.604. The lowest BCUT2D eigenvalue weighted by atomic mass is 10.1. The number of methoxy groups -OCH3 is 1. The van der Waals surface area contributed by atoms with Gasteiger partial charge in [-0.2, -0.15) is 0 Å². The molecule has 0 fully saturated rings. The number of carbonyl (C=O) groups excluding carboxylic acids is 2. The van der Waals surface area contributed by atoms with Gasteiger partial charge in [0.05, 0.1) is 7.11 Å². The Hall–Kier alpha value is -2.93. The van der Waals surface area contributed by atoms with E-state index >= 15 is 0 Å². The molecule has 1 unspecified atom stereocenters. The zero-order valence-electron chi connectivity index (χ0n) is 14.2. The molecule has 0 spiro atoms. The van der Waals surface area contributed by atoms with E-state index in [1.54, 1.807) is 42.5 Å². The lowest BCUT2D eigenvalue weighted by Gasteiger charge is -2.16. The van der Waals surface area contributed by atoms with Gasteiger partial charge >= 0.3 is 5.97 Å². The number of hydrogen-bond donors (Lipinski definition) is 1. The van der Waals surface area contributed by atoms with Crippen LogP contribution in [0.2, 0.25) is 0 Å². The van der Waals surface area contributed by atoms with Crippen molar-refractivity contribution in [3.63, 3.8) is 0 Å². The van der Waals surface area contributed by atoms with E-state index in [0.29, 0.717) is 16.9 Å². The molecule has 1 atom stereocenters. The molecule has 0 bridgehead atoms. The number of nitrogens with one attached hydrogen (secondary N) is 1. The number of carbonyl (C=O) groups is 2. The van der Waals surface area contributed by atoms with Crippen LogP contribution in [0.5, 0.6) is 0 Å². The lowest BCUT2D eigenvalue weighted by Crippen LogP contribution is -2.34. The summed E-state index contributed by atoms with van der Waals surface area (Å²) in [6.45, 7) is 0. The summed E-state index contributed by atoms with van der Waals surface area (Å²) < 4.78 is 24.2. The fourth-order valence-corrected chi connectivity index (χ4v) is 2.75. The number of furan rings is 1. The largest absolute Gasteiger partial charge is 0.467 e. The summed E-state index contributed by atoms with van der Waals surface area (Å²) in [5.74, 6) is -1.09. The highest BCUT2D eigenvalue weighted by Crippen LogP contribution is 2.24. The van der Waals surface area contributed by atoms with Gasteiger partial charge in [-0.15, -0.1) is 0 Å². The molecule has 0 aliphatic heterocycles. The maximum Gasteiger partial charge on any atom is 0.333 e. The molecule has 1 amide bonds. The number of rotatable bonds is 5. The van der Waals surface area contributed by atoms with Gasteiger partial charge in [0.1, 0.15) is 11.6 Å². The standard InChI is InChI=1S/C20H15BrFNO4/c1-26-20(25)18(13-2-6-14(21)7-3-13)23-19(24)17-11-10-16(27-17)12-4-8-15(22)9-5-12/h2-11,18H,1H3,(H,23,24). The maximum absolute atomic E-state index is 13.0. The monoisotopic (exact) mass is 431 g/mol. The fraction of sp³-hybridized carbons (Fsp3) is 0.100. The summed E-state index contributed by atoms with van der Waals surface area (Å²) >= 11 is 3.32. The van der Waals surface area contributed by atoms with Crippen LogP contribution >= 0.6 is 15.9 Å². The Balaban J connectivity index is 1.80. The molecule has 1 aromatic heterocycles. The van der Waals surface area contributed by atoms with Crippen LogP contribution in [0.15, 0.2) is 69.6 Å². The average Bonchev–Trinajstić information content (AvgIpc) is 3.17. The van der Waals surface area contributed by atoms with Crippen molar-refractivity contribution in [1.29, 1.82) is 0 Å². The molecule has 1 heterocycles. The van der Waals surface area contributed by atoms with Crippen LogP contribution in [0.3, 0.4) is 0 Å². The smallest absolute Gasteiger partial charge is 0.333 e. The molecule has 27 heavy (non-hydrogen) atoms. The molecule has 0 saturated heterocycles. The van der Waals surface area contributed by atoms with E-state index < -0.39 is 17.9 Å². The molecule has 5 nitrogen and oxygen atoms in total. The van der Waals surface area contributed by atoms with Crippen LogP contribution in [0, 0.1) is 5.82 Å². The van der Waals surface area contributed by atoms with E-state index in [1.165, 1.54) is 25.3 Å². The summed E-state index contributed by atoms with van der Waals surface area (Å²) in [5.41, 5.74) is 1.21. The molecule has 138 valence electrons. The molecule has 7 heteroatoms. The summed E-state index contributed by atoms with van der Waals surface area (Å²) in [6.07, 6.45) is 0. The minimum Gasteiger partial charge on any atom is -0.467 e. The topological polar surface area (TPSA) is 68.5 Å². The van der Waals surface area contributed by atoms with Gasteiger partial charge in [-0.3, -0.25) is 4.79 Å². The summed E-state index contributed by atoms with van der Waals surface area (Å²) in [5, 5.41) is 2.61. The molecule has 3 rings (SSSR count). The zero-order valence-corrected chi connectivity index (χ0v) is 15.8. The Bertz CT molecular complexity index is 951. The molecule has 0 aliphatic rings. The Kier molecular flexibility index (Phi) is 5.71. The molecule has 1 N–H and O–H groups in total. The number of amides is 1. The first-order chi connectivity index (χ1) is 13.0. The first-order valence-electron chi connectivity index (χ1n) is 7.98. The zero-order chi connectivity index (χ0) is 19.4. The van der Waals surface area contributed by atoms with Crippen molar-refractivity contribution in [3.8, 4) is 11.3 Å². The van der Waals surface area contributed by atoms with E-state index in [4.69, 9.17) is 9.15 Å². The molecular weight excluding hydrogens is 417 g/mol. The van der Waals surface area contributed by atoms with Crippen LogP contribution in [0.4, 0.5) is 4.39 Å². The van der Waals surface area contributed by atoms with E-state index in [2.05, 4.69) is 21.2 Å². The normalized spacial score (nSPS) is 11.7. The predicted molar refractivity (Wildman–Crippen MR) is 100 cm³/mol. The van der Waals surface area contributed by atoms with Crippen molar-refractivity contribution in [2.24, 2.45) is 0 Å². The third-order valence-electron chi connectivity index (χ3n) is 3.87. The van der Waals surface area contributed by atoms with Gasteiger partial charge in [0.2, 0.25) is 0 Å². The Labute approximate surface area is 163 Å². The Morgan fingerprint density at radius 3 is 2.33 bits per heavy atom. The summed E-state index contributed by atoms with van der Waals surface area (Å²) in [7, 11) is 1.25. The van der Waals surface area contributed by atoms with Crippen LogP contribution in [-0.4, -0.2) is 19.0 Å². The first-order valence-corrected chi connectivity index (χ1v) is 8.77. The number of halogens is 2. The molecule has 0 saturated carbocycles. The second-order valence-electron chi connectivity index (χ2n) is 5.65. The highest BCUT2D eigenvalue weighted by molar-refractivity contribution is 9.10. The van der Waals surface area contributed by atoms with Crippen LogP contribution in [0.25, 0.3) is 11.3 Å². The Morgan fingerprint density at radius 1 is 1.04 bits per heavy atom. The van der Waals surface area contributed by atoms with Gasteiger partial charge in [-0.25, -0.2) is 9.18 Å². The van der Waals surface area contributed by atoms with Crippen molar-refractivity contribution in [2.45, 2.75) is 6.04 Å². The van der Waals surface area contributed by atoms with Crippen molar-refractivity contribution in [3.05, 3.63) is 82.3 Å². The molecule has 3 aromatic rings. The highest BCUT2D eigenvalue weighted by atomic mass is 79.9. The van der Waals surface area contributed by atoms with Crippen molar-refractivity contribution in [1.82, 2.24) is 5.32 Å². The molecule has 2 aromatic carbocycles. The van der Waals surface area contributed by atoms with Crippen LogP contribution in [0.1, 0.15) is 22.2 Å². The number of hydrogen-bond acceptors (Lipinski definition) is 4. The molecule has 0 radical (unpaired) electrons. The van der Waals surface area contributed by atoms with E-state index in [1.807, 2.05) is 0 Å². The van der Waals surface area contributed by atoms with Gasteiger partial charge in [0.15, 0.2) is 11.8 Å². The molecule has 0 aliphatic carbocycles. The third kappa shape index (κ3) is 4.43. The SMILES string of the molecule is COC(=O)C(NC(=O)c1ccc(-c2ccc(F)cc2)o1)c1ccc(Br)cc1. The van der Waals surface area contributed by atoms with E-state index in [0.717, 1.165) is 4.47 Å². The second kappa shape index (κ2) is 8.18. The van der Waals surface area contributed by atoms with Gasteiger partial charge in [-0.1, -0.05) is 28.1 Å². The number of ether oxygens (including phenoxy) is 1. The third-order valence-corrected chi connectivity index (χ3v) is 4.40. The highest BCUT2D eigenvalue weighted by Gasteiger charge is 2.25. The predicted octanol–water partition coefficient (Wildman–Crippen LogP) is 4.49. The summed E-state index contributed by atoms with van der Waals surface area (Å²) in [4.78, 5) is 24.6. The Morgan fingerprint density at radius 2 is 1.70 bits per heavy atom. The maximum atomic E-state index is 13.0. The minimum absolute atomic E-state index is 0.0281.